The topological polar surface area (TPSA) is 68.3 Å². The number of halogens is 1. The highest BCUT2D eigenvalue weighted by Gasteiger charge is 2.20. The van der Waals surface area contributed by atoms with Crippen LogP contribution in [0.2, 0.25) is 5.22 Å². The zero-order valence-electron chi connectivity index (χ0n) is 9.44. The minimum atomic E-state index is -0.376. The second-order valence-corrected chi connectivity index (χ2v) is 4.63. The van der Waals surface area contributed by atoms with Crippen LogP contribution >= 0.6 is 11.6 Å². The first-order valence-corrected chi connectivity index (χ1v) is 5.95. The highest BCUT2D eigenvalue weighted by atomic mass is 35.5. The first-order chi connectivity index (χ1) is 8.63. The average molecular weight is 263 g/mol. The van der Waals surface area contributed by atoms with Crippen LogP contribution in [0.4, 0.5) is 5.69 Å². The lowest BCUT2D eigenvalue weighted by Gasteiger charge is -2.10. The van der Waals surface area contributed by atoms with Crippen LogP contribution in [0.5, 0.6) is 0 Å². The number of carbonyl (C=O) groups excluding carboxylic acids is 1. The monoisotopic (exact) mass is 262 g/mol. The Labute approximate surface area is 109 Å². The number of furan rings is 1. The van der Waals surface area contributed by atoms with Gasteiger partial charge in [-0.2, -0.15) is 0 Å². The molecule has 1 aliphatic rings. The van der Waals surface area contributed by atoms with Gasteiger partial charge in [-0.15, -0.1) is 0 Å². The SMILES string of the molecule is NC(c1ccc2c(c1)CC(=O)N2)c1ccc(Cl)o1. The molecule has 4 nitrogen and oxygen atoms in total. The maximum absolute atomic E-state index is 11.3. The van der Waals surface area contributed by atoms with E-state index in [1.165, 1.54) is 0 Å². The summed E-state index contributed by atoms with van der Waals surface area (Å²) in [5, 5.41) is 3.10. The van der Waals surface area contributed by atoms with Crippen molar-refractivity contribution in [3.8, 4) is 0 Å². The summed E-state index contributed by atoms with van der Waals surface area (Å²) in [4.78, 5) is 11.3. The Morgan fingerprint density at radius 1 is 1.33 bits per heavy atom. The fourth-order valence-corrected chi connectivity index (χ4v) is 2.25. The van der Waals surface area contributed by atoms with E-state index in [9.17, 15) is 4.79 Å². The van der Waals surface area contributed by atoms with Crippen molar-refractivity contribution in [2.24, 2.45) is 5.73 Å². The quantitative estimate of drug-likeness (QED) is 0.874. The Hall–Kier alpha value is -1.78. The van der Waals surface area contributed by atoms with Crippen LogP contribution in [0.3, 0.4) is 0 Å². The minimum Gasteiger partial charge on any atom is -0.448 e. The predicted molar refractivity (Wildman–Crippen MR) is 68.5 cm³/mol. The van der Waals surface area contributed by atoms with Gasteiger partial charge < -0.3 is 15.5 Å². The average Bonchev–Trinajstić information content (AvgIpc) is 2.92. The van der Waals surface area contributed by atoms with Crippen molar-refractivity contribution in [3.05, 3.63) is 52.4 Å². The number of amides is 1. The number of nitrogens with one attached hydrogen (secondary N) is 1. The van der Waals surface area contributed by atoms with Crippen LogP contribution in [-0.4, -0.2) is 5.91 Å². The molecule has 18 heavy (non-hydrogen) atoms. The third-order valence-electron chi connectivity index (χ3n) is 3.01. The molecule has 0 saturated carbocycles. The summed E-state index contributed by atoms with van der Waals surface area (Å²) < 4.78 is 5.30. The highest BCUT2D eigenvalue weighted by molar-refractivity contribution is 6.28. The molecule has 0 fully saturated rings. The summed E-state index contributed by atoms with van der Waals surface area (Å²) in [6.45, 7) is 0. The van der Waals surface area contributed by atoms with E-state index in [0.717, 1.165) is 16.8 Å². The molecule has 0 radical (unpaired) electrons. The summed E-state index contributed by atoms with van der Waals surface area (Å²) in [6, 6.07) is 8.71. The van der Waals surface area contributed by atoms with E-state index < -0.39 is 0 Å². The fraction of sp³-hybridized carbons (Fsp3) is 0.154. The summed E-state index contributed by atoms with van der Waals surface area (Å²) in [5.41, 5.74) is 8.82. The molecule has 1 aromatic carbocycles. The molecule has 3 N–H and O–H groups in total. The van der Waals surface area contributed by atoms with Gasteiger partial charge in [0.2, 0.25) is 5.91 Å². The zero-order chi connectivity index (χ0) is 12.7. The third-order valence-corrected chi connectivity index (χ3v) is 3.22. The zero-order valence-corrected chi connectivity index (χ0v) is 10.2. The van der Waals surface area contributed by atoms with Gasteiger partial charge in [-0.25, -0.2) is 0 Å². The Balaban J connectivity index is 1.94. The first kappa shape index (κ1) is 11.3. The van der Waals surface area contributed by atoms with Crippen LogP contribution < -0.4 is 11.1 Å². The number of hydrogen-bond acceptors (Lipinski definition) is 3. The van der Waals surface area contributed by atoms with Crippen LogP contribution in [0, 0.1) is 0 Å². The summed E-state index contributed by atoms with van der Waals surface area (Å²) in [7, 11) is 0. The van der Waals surface area contributed by atoms with Gasteiger partial charge in [-0.05, 0) is 40.9 Å². The normalized spacial score (nSPS) is 15.3. The van der Waals surface area contributed by atoms with E-state index in [1.54, 1.807) is 12.1 Å². The van der Waals surface area contributed by atoms with Gasteiger partial charge in [0.15, 0.2) is 5.22 Å². The van der Waals surface area contributed by atoms with Crippen molar-refractivity contribution in [2.75, 3.05) is 5.32 Å². The van der Waals surface area contributed by atoms with Gasteiger partial charge in [0, 0.05) is 5.69 Å². The molecular weight excluding hydrogens is 252 g/mol. The fourth-order valence-electron chi connectivity index (χ4n) is 2.10. The molecule has 1 atom stereocenters. The Morgan fingerprint density at radius 3 is 2.89 bits per heavy atom. The molecule has 0 spiro atoms. The summed E-state index contributed by atoms with van der Waals surface area (Å²) in [6.07, 6.45) is 0.398. The minimum absolute atomic E-state index is 0.0109. The van der Waals surface area contributed by atoms with E-state index >= 15 is 0 Å². The van der Waals surface area contributed by atoms with Crippen LogP contribution in [0.25, 0.3) is 0 Å². The number of benzene rings is 1. The van der Waals surface area contributed by atoms with E-state index in [4.69, 9.17) is 21.8 Å². The van der Waals surface area contributed by atoms with Crippen molar-refractivity contribution in [1.29, 1.82) is 0 Å². The second kappa shape index (κ2) is 4.15. The number of hydrogen-bond donors (Lipinski definition) is 2. The van der Waals surface area contributed by atoms with Gasteiger partial charge in [0.1, 0.15) is 5.76 Å². The molecule has 0 bridgehead atoms. The van der Waals surface area contributed by atoms with Crippen molar-refractivity contribution in [1.82, 2.24) is 0 Å². The van der Waals surface area contributed by atoms with Gasteiger partial charge in [0.05, 0.1) is 12.5 Å². The van der Waals surface area contributed by atoms with Crippen LogP contribution in [-0.2, 0) is 11.2 Å². The Bertz CT molecular complexity index is 621. The molecule has 92 valence electrons. The maximum Gasteiger partial charge on any atom is 0.228 e. The molecule has 1 amide bonds. The van der Waals surface area contributed by atoms with Gasteiger partial charge in [-0.1, -0.05) is 12.1 Å². The highest BCUT2D eigenvalue weighted by Crippen LogP contribution is 2.29. The summed E-state index contributed by atoms with van der Waals surface area (Å²) >= 11 is 5.73. The van der Waals surface area contributed by atoms with E-state index in [1.807, 2.05) is 18.2 Å². The molecule has 1 aliphatic heterocycles. The maximum atomic E-state index is 11.3. The molecule has 3 rings (SSSR count). The summed E-state index contributed by atoms with van der Waals surface area (Å²) in [5.74, 6) is 0.619. The lowest BCUT2D eigenvalue weighted by molar-refractivity contribution is -0.115. The molecule has 2 aromatic rings. The number of nitrogens with two attached hydrogens (primary N) is 1. The van der Waals surface area contributed by atoms with E-state index in [-0.39, 0.29) is 11.9 Å². The molecule has 0 aliphatic carbocycles. The van der Waals surface area contributed by atoms with Crippen molar-refractivity contribution in [2.45, 2.75) is 12.5 Å². The van der Waals surface area contributed by atoms with E-state index in [2.05, 4.69) is 5.32 Å². The number of fused-ring (bicyclic) bond motifs is 1. The van der Waals surface area contributed by atoms with Crippen LogP contribution in [0.15, 0.2) is 34.7 Å². The predicted octanol–water partition coefficient (Wildman–Crippen LogP) is 2.48. The molecule has 1 aromatic heterocycles. The van der Waals surface area contributed by atoms with Crippen molar-refractivity contribution in [3.63, 3.8) is 0 Å². The smallest absolute Gasteiger partial charge is 0.228 e. The molecule has 1 unspecified atom stereocenters. The van der Waals surface area contributed by atoms with Gasteiger partial charge >= 0.3 is 0 Å². The standard InChI is InChI=1S/C13H11ClN2O2/c14-11-4-3-10(18-11)13(15)7-1-2-9-8(5-7)6-12(17)16-9/h1-5,13H,6,15H2,(H,16,17). The lowest BCUT2D eigenvalue weighted by Crippen LogP contribution is -2.11. The number of carbonyl (C=O) groups is 1. The molecule has 0 saturated heterocycles. The van der Waals surface area contributed by atoms with E-state index in [0.29, 0.717) is 17.4 Å². The van der Waals surface area contributed by atoms with Crippen molar-refractivity contribution < 1.29 is 9.21 Å². The molecule has 2 heterocycles. The first-order valence-electron chi connectivity index (χ1n) is 5.57. The number of rotatable bonds is 2. The molecule has 5 heteroatoms. The third kappa shape index (κ3) is 1.89. The van der Waals surface area contributed by atoms with Crippen molar-refractivity contribution >= 4 is 23.2 Å². The van der Waals surface area contributed by atoms with Crippen LogP contribution in [0.1, 0.15) is 22.9 Å². The Kier molecular flexibility index (Phi) is 2.61. The number of anilines is 1. The second-order valence-electron chi connectivity index (χ2n) is 4.26. The Morgan fingerprint density at radius 2 is 2.17 bits per heavy atom. The largest absolute Gasteiger partial charge is 0.448 e. The molecular formula is C13H11ClN2O2. The van der Waals surface area contributed by atoms with Gasteiger partial charge in [0.25, 0.3) is 0 Å². The van der Waals surface area contributed by atoms with Gasteiger partial charge in [-0.3, -0.25) is 4.79 Å². The lowest BCUT2D eigenvalue weighted by atomic mass is 10.0.